The van der Waals surface area contributed by atoms with Crippen LogP contribution in [0.5, 0.6) is 23.0 Å². The van der Waals surface area contributed by atoms with E-state index in [-0.39, 0.29) is 0 Å². The number of hydrogen-bond acceptors (Lipinski definition) is 5. The first kappa shape index (κ1) is 32.6. The fraction of sp³-hybridized carbons (Fsp3) is 0.438. The van der Waals surface area contributed by atoms with Gasteiger partial charge in [0, 0.05) is 16.7 Å². The van der Waals surface area contributed by atoms with Crippen LogP contribution in [0.25, 0.3) is 0 Å². The molecule has 0 saturated heterocycles. The number of phosphoric ester groups is 1. The van der Waals surface area contributed by atoms with Crippen molar-refractivity contribution in [3.8, 4) is 23.0 Å². The molecule has 0 unspecified atom stereocenters. The van der Waals surface area contributed by atoms with Crippen molar-refractivity contribution in [2.45, 2.75) is 81.8 Å². The molecule has 5 nitrogen and oxygen atoms in total. The predicted molar refractivity (Wildman–Crippen MR) is 171 cm³/mol. The Morgan fingerprint density at radius 3 is 1.50 bits per heavy atom. The highest BCUT2D eigenvalue weighted by molar-refractivity contribution is 9.08. The van der Waals surface area contributed by atoms with E-state index < -0.39 is 7.82 Å². The van der Waals surface area contributed by atoms with E-state index in [1.54, 1.807) is 36.4 Å². The lowest BCUT2D eigenvalue weighted by Crippen LogP contribution is -2.08. The quantitative estimate of drug-likeness (QED) is 0.0669. The summed E-state index contributed by atoms with van der Waals surface area (Å²) in [4.78, 5) is 0. The Balaban J connectivity index is 1.57. The molecule has 0 fully saturated rings. The van der Waals surface area contributed by atoms with Gasteiger partial charge in [-0.15, -0.1) is 0 Å². The molecule has 3 aromatic carbocycles. The minimum atomic E-state index is -4.11. The van der Waals surface area contributed by atoms with E-state index in [4.69, 9.17) is 18.3 Å². The van der Waals surface area contributed by atoms with E-state index in [9.17, 15) is 4.57 Å². The molecule has 0 aliphatic rings. The van der Waals surface area contributed by atoms with Gasteiger partial charge in [0.1, 0.15) is 23.0 Å². The van der Waals surface area contributed by atoms with Gasteiger partial charge in [-0.05, 0) is 53.9 Å². The van der Waals surface area contributed by atoms with Crippen molar-refractivity contribution in [2.75, 3.05) is 6.61 Å². The molecule has 0 spiro atoms. The first-order valence-electron chi connectivity index (χ1n) is 14.2. The largest absolute Gasteiger partial charge is 0.647 e. The summed E-state index contributed by atoms with van der Waals surface area (Å²) in [5.41, 5.74) is 1.96. The van der Waals surface area contributed by atoms with E-state index in [1.807, 2.05) is 36.4 Å². The first-order chi connectivity index (χ1) is 19.5. The van der Waals surface area contributed by atoms with E-state index in [1.165, 1.54) is 51.4 Å². The molecule has 0 aliphatic carbocycles. The van der Waals surface area contributed by atoms with E-state index >= 15 is 0 Å². The third kappa shape index (κ3) is 12.3. The Hall–Kier alpha value is -1.95. The molecule has 0 atom stereocenters. The van der Waals surface area contributed by atoms with Gasteiger partial charge >= 0.3 is 7.82 Å². The Morgan fingerprint density at radius 1 is 0.575 bits per heavy atom. The number of ether oxygens (including phenoxy) is 1. The second kappa shape index (κ2) is 18.5. The van der Waals surface area contributed by atoms with Crippen molar-refractivity contribution in [3.63, 3.8) is 0 Å². The Kier molecular flexibility index (Phi) is 15.0. The van der Waals surface area contributed by atoms with Crippen molar-refractivity contribution in [3.05, 3.63) is 83.9 Å². The van der Waals surface area contributed by atoms with Crippen LogP contribution in [-0.2, 0) is 15.2 Å². The number of benzene rings is 3. The standard InChI is InChI=1S/C32H41Br2O5P/c1-2-3-4-5-6-7-8-9-10-11-21-36-29-17-14-20-32(24-29)39-40(35,37-30-18-12-15-27(22-30)25-33)38-31-19-13-16-28(23-31)26-34/h12-20,22-24H,2-11,21,25-26H2,1H3. The number of hydrogen-bond donors (Lipinski definition) is 0. The second-order valence-electron chi connectivity index (χ2n) is 9.79. The molecule has 0 aliphatic heterocycles. The van der Waals surface area contributed by atoms with Crippen molar-refractivity contribution in [2.24, 2.45) is 0 Å². The van der Waals surface area contributed by atoms with Gasteiger partial charge in [0.2, 0.25) is 0 Å². The molecule has 0 N–H and O–H groups in total. The van der Waals surface area contributed by atoms with Crippen LogP contribution in [0.1, 0.15) is 82.3 Å². The summed E-state index contributed by atoms with van der Waals surface area (Å²) < 4.78 is 37.6. The number of halogens is 2. The maximum absolute atomic E-state index is 14.0. The number of phosphoric acid groups is 1. The second-order valence-corrected chi connectivity index (χ2v) is 12.4. The van der Waals surface area contributed by atoms with Crippen molar-refractivity contribution in [1.29, 1.82) is 0 Å². The van der Waals surface area contributed by atoms with Gasteiger partial charge in [-0.3, -0.25) is 0 Å². The summed E-state index contributed by atoms with van der Waals surface area (Å²) in [5.74, 6) is 1.79. The zero-order chi connectivity index (χ0) is 28.5. The minimum absolute atomic E-state index is 0.345. The SMILES string of the molecule is CCCCCCCCCCCCOc1cccc(OP(=O)(Oc2cccc(CBr)c2)Oc2cccc(CBr)c2)c1. The zero-order valence-corrected chi connectivity index (χ0v) is 27.4. The van der Waals surface area contributed by atoms with Crippen LogP contribution in [0.2, 0.25) is 0 Å². The maximum atomic E-state index is 14.0. The first-order valence-corrected chi connectivity index (χ1v) is 18.0. The maximum Gasteiger partial charge on any atom is 0.647 e. The fourth-order valence-electron chi connectivity index (χ4n) is 4.21. The number of unbranched alkanes of at least 4 members (excludes halogenated alkanes) is 9. The lowest BCUT2D eigenvalue weighted by Gasteiger charge is -2.20. The number of rotatable bonds is 20. The lowest BCUT2D eigenvalue weighted by atomic mass is 10.1. The highest BCUT2D eigenvalue weighted by Crippen LogP contribution is 2.50. The normalized spacial score (nSPS) is 11.3. The molecule has 0 bridgehead atoms. The summed E-state index contributed by atoms with van der Waals surface area (Å²) >= 11 is 6.90. The molecular weight excluding hydrogens is 655 g/mol. The highest BCUT2D eigenvalue weighted by atomic mass is 79.9. The average Bonchev–Trinajstić information content (AvgIpc) is 2.96. The summed E-state index contributed by atoms with van der Waals surface area (Å²) in [6.07, 6.45) is 12.8. The predicted octanol–water partition coefficient (Wildman–Crippen LogP) is 11.4. The van der Waals surface area contributed by atoms with Gasteiger partial charge in [0.15, 0.2) is 0 Å². The van der Waals surface area contributed by atoms with Crippen LogP contribution >= 0.6 is 39.7 Å². The monoisotopic (exact) mass is 694 g/mol. The lowest BCUT2D eigenvalue weighted by molar-refractivity contribution is 0.292. The molecule has 40 heavy (non-hydrogen) atoms. The van der Waals surface area contributed by atoms with E-state index in [2.05, 4.69) is 38.8 Å². The van der Waals surface area contributed by atoms with Crippen LogP contribution in [0, 0.1) is 0 Å². The summed E-state index contributed by atoms with van der Waals surface area (Å²) in [7, 11) is -4.11. The van der Waals surface area contributed by atoms with Crippen molar-refractivity contribution < 1.29 is 22.9 Å². The zero-order valence-electron chi connectivity index (χ0n) is 23.4. The third-order valence-electron chi connectivity index (χ3n) is 6.33. The Labute approximate surface area is 256 Å². The van der Waals surface area contributed by atoms with E-state index in [0.29, 0.717) is 40.3 Å². The topological polar surface area (TPSA) is 54.0 Å². The molecule has 0 heterocycles. The molecule has 0 aromatic heterocycles. The number of alkyl halides is 2. The molecule has 3 aromatic rings. The van der Waals surface area contributed by atoms with Crippen LogP contribution in [0.4, 0.5) is 0 Å². The van der Waals surface area contributed by atoms with Gasteiger partial charge in [0.05, 0.1) is 6.61 Å². The smallest absolute Gasteiger partial charge is 0.493 e. The van der Waals surface area contributed by atoms with Crippen LogP contribution < -0.4 is 18.3 Å². The average molecular weight is 696 g/mol. The van der Waals surface area contributed by atoms with E-state index in [0.717, 1.165) is 24.0 Å². The van der Waals surface area contributed by atoms with Gasteiger partial charge < -0.3 is 18.3 Å². The van der Waals surface area contributed by atoms with Crippen LogP contribution in [-0.4, -0.2) is 6.61 Å². The molecule has 8 heteroatoms. The van der Waals surface area contributed by atoms with Gasteiger partial charge in [0.25, 0.3) is 0 Å². The van der Waals surface area contributed by atoms with Crippen molar-refractivity contribution >= 4 is 39.7 Å². The summed E-state index contributed by atoms with van der Waals surface area (Å²) in [6, 6.07) is 21.7. The highest BCUT2D eigenvalue weighted by Gasteiger charge is 2.33. The summed E-state index contributed by atoms with van der Waals surface area (Å²) in [6.45, 7) is 2.88. The minimum Gasteiger partial charge on any atom is -0.493 e. The van der Waals surface area contributed by atoms with Gasteiger partial charge in [-0.1, -0.05) is 127 Å². The molecule has 218 valence electrons. The summed E-state index contributed by atoms with van der Waals surface area (Å²) in [5, 5.41) is 1.28. The fourth-order valence-corrected chi connectivity index (χ4v) is 6.14. The van der Waals surface area contributed by atoms with Crippen LogP contribution in [0.3, 0.4) is 0 Å². The van der Waals surface area contributed by atoms with Crippen LogP contribution in [0.15, 0.2) is 72.8 Å². The van der Waals surface area contributed by atoms with Gasteiger partial charge in [-0.25, -0.2) is 0 Å². The molecule has 0 radical (unpaired) electrons. The molecule has 0 saturated carbocycles. The molecular formula is C32H41Br2O5P. The van der Waals surface area contributed by atoms with Crippen molar-refractivity contribution in [1.82, 2.24) is 0 Å². The Bertz CT molecular complexity index is 1140. The molecule has 3 rings (SSSR count). The molecule has 0 amide bonds. The Morgan fingerprint density at radius 2 is 1.00 bits per heavy atom. The van der Waals surface area contributed by atoms with Gasteiger partial charge in [-0.2, -0.15) is 4.57 Å². The third-order valence-corrected chi connectivity index (χ3v) is 8.93.